The molecule has 0 aromatic heterocycles. The van der Waals surface area contributed by atoms with Gasteiger partial charge in [-0.15, -0.1) is 0 Å². The molecule has 13 heteroatoms. The van der Waals surface area contributed by atoms with Gasteiger partial charge in [-0.05, 0) is 46.9 Å². The number of nitrogens with one attached hydrogen (secondary N) is 2. The average molecular weight is 723 g/mol. The Hall–Kier alpha value is -6.31. The minimum Gasteiger partial charge on any atom is -0.469 e. The molecule has 3 aromatic carbocycles. The standard InChI is InChI=1S/C40H42N4O9/c1-50-37(46)23-33-20-29(13-7-17-52-39(48)42-26-32-12-6-11-31(22-32)25-41)19-30(21-33)14-8-18-53-40(49)43-34-24-35(38(47)51-2)44(27-34)36(45)16-15-28-9-4-3-5-10-28/h3-6,9-12,19-22,34-35H,15-18,23-27,41H2,1-2H3,(H,42,48)(H,43,49). The van der Waals surface area contributed by atoms with Crippen molar-refractivity contribution in [1.29, 1.82) is 0 Å². The minimum atomic E-state index is -0.823. The number of hydrogen-bond donors (Lipinski definition) is 3. The summed E-state index contributed by atoms with van der Waals surface area (Å²) in [7, 11) is 2.54. The van der Waals surface area contributed by atoms with E-state index in [0.717, 1.165) is 16.7 Å². The third-order valence-electron chi connectivity index (χ3n) is 8.14. The van der Waals surface area contributed by atoms with Gasteiger partial charge < -0.3 is 40.2 Å². The Morgan fingerprint density at radius 1 is 0.792 bits per heavy atom. The predicted octanol–water partition coefficient (Wildman–Crippen LogP) is 2.99. The Bertz CT molecular complexity index is 1890. The molecule has 2 unspecified atom stereocenters. The molecule has 2 atom stereocenters. The quantitative estimate of drug-likeness (QED) is 0.143. The number of nitrogens with zero attached hydrogens (tertiary/aromatic N) is 1. The summed E-state index contributed by atoms with van der Waals surface area (Å²) in [5.41, 5.74) is 10.1. The highest BCUT2D eigenvalue weighted by Gasteiger charge is 2.40. The largest absolute Gasteiger partial charge is 0.469 e. The Kier molecular flexibility index (Phi) is 15.3. The van der Waals surface area contributed by atoms with Gasteiger partial charge in [0.15, 0.2) is 13.2 Å². The molecule has 4 rings (SSSR count). The van der Waals surface area contributed by atoms with Crippen LogP contribution in [0.4, 0.5) is 9.59 Å². The number of aryl methyl sites for hydroxylation is 1. The highest BCUT2D eigenvalue weighted by Crippen LogP contribution is 2.21. The van der Waals surface area contributed by atoms with E-state index in [9.17, 15) is 24.0 Å². The van der Waals surface area contributed by atoms with Crippen LogP contribution >= 0.6 is 0 Å². The molecular formula is C40H42N4O9. The molecule has 0 bridgehead atoms. The smallest absolute Gasteiger partial charge is 0.408 e. The Balaban J connectivity index is 1.29. The normalized spacial score (nSPS) is 14.4. The van der Waals surface area contributed by atoms with Crippen LogP contribution in [-0.4, -0.2) is 81.0 Å². The number of nitrogens with two attached hydrogens (primary N) is 1. The third-order valence-corrected chi connectivity index (χ3v) is 8.14. The van der Waals surface area contributed by atoms with E-state index in [1.165, 1.54) is 19.1 Å². The molecule has 276 valence electrons. The topological polar surface area (TPSA) is 176 Å². The van der Waals surface area contributed by atoms with Crippen LogP contribution in [0.15, 0.2) is 72.8 Å². The van der Waals surface area contributed by atoms with Crippen molar-refractivity contribution >= 4 is 30.0 Å². The number of carbonyl (C=O) groups excluding carboxylic acids is 5. The first-order chi connectivity index (χ1) is 25.7. The zero-order chi connectivity index (χ0) is 38.0. The van der Waals surface area contributed by atoms with Crippen molar-refractivity contribution in [1.82, 2.24) is 15.5 Å². The fourth-order valence-electron chi connectivity index (χ4n) is 5.57. The van der Waals surface area contributed by atoms with Crippen LogP contribution in [-0.2, 0) is 59.3 Å². The monoisotopic (exact) mass is 722 g/mol. The second-order valence-electron chi connectivity index (χ2n) is 12.0. The lowest BCUT2D eigenvalue weighted by Gasteiger charge is -2.22. The fourth-order valence-corrected chi connectivity index (χ4v) is 5.57. The molecule has 1 aliphatic rings. The van der Waals surface area contributed by atoms with Crippen LogP contribution in [0.2, 0.25) is 0 Å². The highest BCUT2D eigenvalue weighted by atomic mass is 16.6. The van der Waals surface area contributed by atoms with Crippen molar-refractivity contribution < 1.29 is 42.9 Å². The van der Waals surface area contributed by atoms with Crippen molar-refractivity contribution in [3.05, 3.63) is 106 Å². The molecular weight excluding hydrogens is 680 g/mol. The number of hydrogen-bond acceptors (Lipinski definition) is 10. The second-order valence-corrected chi connectivity index (χ2v) is 12.0. The summed E-state index contributed by atoms with van der Waals surface area (Å²) in [6, 6.07) is 20.8. The van der Waals surface area contributed by atoms with E-state index in [2.05, 4.69) is 34.3 Å². The number of likely N-dealkylation sites (tertiary alicyclic amines) is 1. The van der Waals surface area contributed by atoms with E-state index in [4.69, 9.17) is 24.7 Å². The maximum Gasteiger partial charge on any atom is 0.408 e. The van der Waals surface area contributed by atoms with Crippen LogP contribution < -0.4 is 16.4 Å². The summed E-state index contributed by atoms with van der Waals surface area (Å²) in [5, 5.41) is 5.37. The van der Waals surface area contributed by atoms with Crippen LogP contribution in [0.1, 0.15) is 46.2 Å². The fraction of sp³-hybridized carbons (Fsp3) is 0.325. The molecule has 1 aliphatic heterocycles. The molecule has 3 aromatic rings. The number of rotatable bonds is 12. The number of ether oxygens (including phenoxy) is 4. The molecule has 1 heterocycles. The highest BCUT2D eigenvalue weighted by molar-refractivity contribution is 5.85. The number of esters is 2. The molecule has 4 N–H and O–H groups in total. The summed E-state index contributed by atoms with van der Waals surface area (Å²) < 4.78 is 20.1. The zero-order valence-corrected chi connectivity index (χ0v) is 29.6. The van der Waals surface area contributed by atoms with Crippen LogP contribution in [0.3, 0.4) is 0 Å². The van der Waals surface area contributed by atoms with Crippen molar-refractivity contribution in [3.8, 4) is 23.7 Å². The summed E-state index contributed by atoms with van der Waals surface area (Å²) in [5.74, 6) is 10.1. The third kappa shape index (κ3) is 13.1. The van der Waals surface area contributed by atoms with Gasteiger partial charge in [-0.3, -0.25) is 9.59 Å². The summed E-state index contributed by atoms with van der Waals surface area (Å²) in [4.78, 5) is 63.6. The maximum atomic E-state index is 13.0. The van der Waals surface area contributed by atoms with Crippen molar-refractivity contribution in [2.24, 2.45) is 5.73 Å². The van der Waals surface area contributed by atoms with Gasteiger partial charge in [-0.1, -0.05) is 78.3 Å². The average Bonchev–Trinajstić information content (AvgIpc) is 3.60. The lowest BCUT2D eigenvalue weighted by molar-refractivity contribution is -0.150. The summed E-state index contributed by atoms with van der Waals surface area (Å²) in [6.07, 6.45) is -0.513. The SMILES string of the molecule is COC(=O)Cc1cc(C#CCOC(=O)NCc2cccc(CN)c2)cc(C#CCOC(=O)NC2CC(C(=O)OC)N(C(=O)CCc3ccccc3)C2)c1. The van der Waals surface area contributed by atoms with Crippen molar-refractivity contribution in [2.75, 3.05) is 34.0 Å². The Morgan fingerprint density at radius 3 is 2.11 bits per heavy atom. The molecule has 53 heavy (non-hydrogen) atoms. The molecule has 0 spiro atoms. The van der Waals surface area contributed by atoms with Gasteiger partial charge in [0.1, 0.15) is 6.04 Å². The van der Waals surface area contributed by atoms with Crippen LogP contribution in [0.5, 0.6) is 0 Å². The van der Waals surface area contributed by atoms with E-state index in [1.54, 1.807) is 18.2 Å². The summed E-state index contributed by atoms with van der Waals surface area (Å²) >= 11 is 0. The van der Waals surface area contributed by atoms with Gasteiger partial charge in [0.25, 0.3) is 0 Å². The van der Waals surface area contributed by atoms with Gasteiger partial charge in [0.05, 0.1) is 26.7 Å². The molecule has 1 fully saturated rings. The van der Waals surface area contributed by atoms with Gasteiger partial charge >= 0.3 is 24.1 Å². The van der Waals surface area contributed by atoms with Gasteiger partial charge in [-0.2, -0.15) is 0 Å². The Morgan fingerprint density at radius 2 is 1.45 bits per heavy atom. The lowest BCUT2D eigenvalue weighted by Crippen LogP contribution is -2.42. The molecule has 0 aliphatic carbocycles. The molecule has 0 saturated carbocycles. The van der Waals surface area contributed by atoms with Crippen LogP contribution in [0.25, 0.3) is 0 Å². The Labute approximate surface area is 308 Å². The van der Waals surface area contributed by atoms with E-state index < -0.39 is 36.2 Å². The van der Waals surface area contributed by atoms with E-state index in [-0.39, 0.29) is 51.5 Å². The lowest BCUT2D eigenvalue weighted by atomic mass is 10.0. The number of carbonyl (C=O) groups is 5. The van der Waals surface area contributed by atoms with Crippen molar-refractivity contribution in [3.63, 3.8) is 0 Å². The van der Waals surface area contributed by atoms with Gasteiger partial charge in [0.2, 0.25) is 5.91 Å². The second kappa shape index (κ2) is 20.5. The van der Waals surface area contributed by atoms with E-state index in [1.807, 2.05) is 54.6 Å². The van der Waals surface area contributed by atoms with E-state index >= 15 is 0 Å². The van der Waals surface area contributed by atoms with Gasteiger partial charge in [0, 0.05) is 43.6 Å². The first-order valence-corrected chi connectivity index (χ1v) is 16.9. The number of methoxy groups -OCH3 is 2. The van der Waals surface area contributed by atoms with Gasteiger partial charge in [-0.25, -0.2) is 14.4 Å². The number of alkyl carbamates (subject to hydrolysis) is 2. The zero-order valence-electron chi connectivity index (χ0n) is 29.6. The molecule has 3 amide bonds. The first kappa shape index (κ1) is 39.5. The molecule has 0 radical (unpaired) electrons. The van der Waals surface area contributed by atoms with Crippen LogP contribution in [0, 0.1) is 23.7 Å². The first-order valence-electron chi connectivity index (χ1n) is 16.9. The molecule has 1 saturated heterocycles. The number of benzene rings is 3. The van der Waals surface area contributed by atoms with E-state index in [0.29, 0.717) is 29.7 Å². The summed E-state index contributed by atoms with van der Waals surface area (Å²) in [6.45, 7) is 0.357. The predicted molar refractivity (Wildman–Crippen MR) is 194 cm³/mol. The van der Waals surface area contributed by atoms with Crippen molar-refractivity contribution in [2.45, 2.75) is 50.9 Å². The number of amides is 3. The maximum absolute atomic E-state index is 13.0. The molecule has 13 nitrogen and oxygen atoms in total. The minimum absolute atomic E-state index is 0.0242.